The van der Waals surface area contributed by atoms with Crippen LogP contribution in [0.25, 0.3) is 11.0 Å². The molecule has 0 radical (unpaired) electrons. The summed E-state index contributed by atoms with van der Waals surface area (Å²) in [5, 5.41) is 6.68. The van der Waals surface area contributed by atoms with Crippen LogP contribution in [0, 0.1) is 0 Å². The fourth-order valence-corrected chi connectivity index (χ4v) is 1.16. The zero-order valence-electron chi connectivity index (χ0n) is 7.31. The summed E-state index contributed by atoms with van der Waals surface area (Å²) in [6.07, 6.45) is 1.30. The monoisotopic (exact) mass is 193 g/mol. The van der Waals surface area contributed by atoms with E-state index in [2.05, 4.69) is 20.2 Å². The van der Waals surface area contributed by atoms with Crippen molar-refractivity contribution in [3.63, 3.8) is 0 Å². The Balaban J connectivity index is 2.81. The van der Waals surface area contributed by atoms with Gasteiger partial charge in [-0.2, -0.15) is 5.10 Å². The number of amides is 1. The Labute approximate surface area is 78.3 Å². The van der Waals surface area contributed by atoms with Crippen LogP contribution in [0.5, 0.6) is 5.88 Å². The molecular formula is C7H7N5O2. The van der Waals surface area contributed by atoms with E-state index in [9.17, 15) is 4.79 Å². The molecule has 0 aliphatic carbocycles. The highest BCUT2D eigenvalue weighted by Gasteiger charge is 2.16. The van der Waals surface area contributed by atoms with Crippen LogP contribution >= 0.6 is 0 Å². The van der Waals surface area contributed by atoms with Crippen molar-refractivity contribution in [1.82, 2.24) is 20.2 Å². The van der Waals surface area contributed by atoms with Crippen LogP contribution in [0.15, 0.2) is 6.33 Å². The predicted octanol–water partition coefficient (Wildman–Crippen LogP) is -0.540. The van der Waals surface area contributed by atoms with E-state index < -0.39 is 5.91 Å². The number of nitrogens with one attached hydrogen (secondary N) is 1. The number of carbonyl (C=O) groups excluding carboxylic acids is 1. The molecule has 0 saturated heterocycles. The minimum Gasteiger partial charge on any atom is -0.480 e. The number of aromatic amines is 1. The second-order valence-corrected chi connectivity index (χ2v) is 2.54. The largest absolute Gasteiger partial charge is 0.480 e. The number of primary amides is 1. The maximum absolute atomic E-state index is 11.0. The summed E-state index contributed by atoms with van der Waals surface area (Å²) in [5.74, 6) is -0.349. The van der Waals surface area contributed by atoms with Crippen LogP contribution in [0.2, 0.25) is 0 Å². The van der Waals surface area contributed by atoms with E-state index in [1.807, 2.05) is 0 Å². The molecule has 0 fully saturated rings. The molecule has 3 N–H and O–H groups in total. The van der Waals surface area contributed by atoms with Gasteiger partial charge >= 0.3 is 0 Å². The first kappa shape index (κ1) is 8.42. The Morgan fingerprint density at radius 2 is 2.36 bits per heavy atom. The average molecular weight is 193 g/mol. The topological polar surface area (TPSA) is 107 Å². The second kappa shape index (κ2) is 2.95. The van der Waals surface area contributed by atoms with Crippen molar-refractivity contribution in [2.45, 2.75) is 0 Å². The van der Waals surface area contributed by atoms with Gasteiger partial charge in [-0.15, -0.1) is 0 Å². The number of H-pyrrole nitrogens is 1. The predicted molar refractivity (Wildman–Crippen MR) is 46.8 cm³/mol. The Hall–Kier alpha value is -2.18. The maximum Gasteiger partial charge on any atom is 0.267 e. The van der Waals surface area contributed by atoms with E-state index in [-0.39, 0.29) is 11.6 Å². The number of methoxy groups -OCH3 is 1. The van der Waals surface area contributed by atoms with Crippen molar-refractivity contribution < 1.29 is 9.53 Å². The molecule has 0 aliphatic heterocycles. The first-order valence-electron chi connectivity index (χ1n) is 3.77. The normalized spacial score (nSPS) is 10.4. The van der Waals surface area contributed by atoms with Gasteiger partial charge in [0.25, 0.3) is 5.91 Å². The Bertz CT molecular complexity index is 492. The number of hydrogen-bond acceptors (Lipinski definition) is 5. The minimum atomic E-state index is -0.624. The molecule has 7 nitrogen and oxygen atoms in total. The van der Waals surface area contributed by atoms with Gasteiger partial charge in [0.05, 0.1) is 7.11 Å². The summed E-state index contributed by atoms with van der Waals surface area (Å²) in [6, 6.07) is 0. The zero-order chi connectivity index (χ0) is 10.1. The highest BCUT2D eigenvalue weighted by Crippen LogP contribution is 2.22. The molecule has 0 unspecified atom stereocenters. The minimum absolute atomic E-state index is 0.150. The van der Waals surface area contributed by atoms with E-state index in [0.717, 1.165) is 0 Å². The molecule has 2 rings (SSSR count). The van der Waals surface area contributed by atoms with Crippen LogP contribution in [0.3, 0.4) is 0 Å². The van der Waals surface area contributed by atoms with Crippen LogP contribution in [-0.2, 0) is 0 Å². The highest BCUT2D eigenvalue weighted by molar-refractivity contribution is 6.04. The van der Waals surface area contributed by atoms with Crippen LogP contribution in [0.1, 0.15) is 10.5 Å². The molecule has 0 spiro atoms. The third-order valence-corrected chi connectivity index (χ3v) is 1.76. The van der Waals surface area contributed by atoms with Gasteiger partial charge < -0.3 is 10.5 Å². The molecule has 0 aliphatic rings. The number of hydrogen-bond donors (Lipinski definition) is 2. The molecule has 0 bridgehead atoms. The number of aromatic nitrogens is 4. The summed E-state index contributed by atoms with van der Waals surface area (Å²) >= 11 is 0. The average Bonchev–Trinajstić information content (AvgIpc) is 2.60. The number of nitrogens with zero attached hydrogens (tertiary/aromatic N) is 3. The van der Waals surface area contributed by atoms with Gasteiger partial charge in [-0.3, -0.25) is 9.89 Å². The SMILES string of the molecule is COc1ncnc2n[nH]c(C(N)=O)c12. The molecule has 1 amide bonds. The first-order chi connectivity index (χ1) is 6.74. The van der Waals surface area contributed by atoms with Gasteiger partial charge in [-0.1, -0.05) is 0 Å². The van der Waals surface area contributed by atoms with Gasteiger partial charge in [0.2, 0.25) is 5.88 Å². The van der Waals surface area contributed by atoms with Crippen molar-refractivity contribution in [3.8, 4) is 5.88 Å². The molecule has 2 aromatic heterocycles. The number of ether oxygens (including phenoxy) is 1. The van der Waals surface area contributed by atoms with Gasteiger partial charge in [-0.05, 0) is 0 Å². The lowest BCUT2D eigenvalue weighted by Crippen LogP contribution is -2.12. The first-order valence-corrected chi connectivity index (χ1v) is 3.77. The van der Waals surface area contributed by atoms with Crippen LogP contribution < -0.4 is 10.5 Å². The fraction of sp³-hybridized carbons (Fsp3) is 0.143. The van der Waals surface area contributed by atoms with Gasteiger partial charge in [0.1, 0.15) is 17.4 Å². The van der Waals surface area contributed by atoms with E-state index in [0.29, 0.717) is 11.0 Å². The number of carbonyl (C=O) groups is 1. The standard InChI is InChI=1S/C7H7N5O2/c1-14-7-3-4(5(8)13)11-12-6(3)9-2-10-7/h2H,1H3,(H2,8,13)(H,9,10,11,12). The quantitative estimate of drug-likeness (QED) is 0.666. The lowest BCUT2D eigenvalue weighted by molar-refractivity contribution is 0.0997. The molecule has 0 atom stereocenters. The van der Waals surface area contributed by atoms with E-state index in [1.54, 1.807) is 0 Å². The lowest BCUT2D eigenvalue weighted by Gasteiger charge is -1.98. The fourth-order valence-electron chi connectivity index (χ4n) is 1.16. The van der Waals surface area contributed by atoms with Crippen molar-refractivity contribution >= 4 is 16.9 Å². The molecular weight excluding hydrogens is 186 g/mol. The molecule has 72 valence electrons. The summed E-state index contributed by atoms with van der Waals surface area (Å²) in [5.41, 5.74) is 5.63. The third-order valence-electron chi connectivity index (χ3n) is 1.76. The second-order valence-electron chi connectivity index (χ2n) is 2.54. The van der Waals surface area contributed by atoms with Crippen molar-refractivity contribution in [3.05, 3.63) is 12.0 Å². The maximum atomic E-state index is 11.0. The molecule has 2 aromatic rings. The summed E-state index contributed by atoms with van der Waals surface area (Å²) in [7, 11) is 1.44. The molecule has 2 heterocycles. The number of nitrogens with two attached hydrogens (primary N) is 1. The Kier molecular flexibility index (Phi) is 1.77. The Morgan fingerprint density at radius 3 is 3.00 bits per heavy atom. The number of rotatable bonds is 2. The van der Waals surface area contributed by atoms with Crippen LogP contribution in [0.4, 0.5) is 0 Å². The highest BCUT2D eigenvalue weighted by atomic mass is 16.5. The molecule has 0 aromatic carbocycles. The Morgan fingerprint density at radius 1 is 1.57 bits per heavy atom. The molecule has 14 heavy (non-hydrogen) atoms. The van der Waals surface area contributed by atoms with Crippen molar-refractivity contribution in [2.24, 2.45) is 5.73 Å². The van der Waals surface area contributed by atoms with E-state index in [1.165, 1.54) is 13.4 Å². The molecule has 0 saturated carbocycles. The zero-order valence-corrected chi connectivity index (χ0v) is 7.31. The summed E-state index contributed by atoms with van der Waals surface area (Å²) in [6.45, 7) is 0. The smallest absolute Gasteiger partial charge is 0.267 e. The van der Waals surface area contributed by atoms with Gasteiger partial charge in [-0.25, -0.2) is 9.97 Å². The summed E-state index contributed by atoms with van der Waals surface area (Å²) in [4.78, 5) is 18.7. The lowest BCUT2D eigenvalue weighted by atomic mass is 10.3. The summed E-state index contributed by atoms with van der Waals surface area (Å²) < 4.78 is 4.96. The van der Waals surface area contributed by atoms with Crippen LogP contribution in [-0.4, -0.2) is 33.2 Å². The van der Waals surface area contributed by atoms with E-state index >= 15 is 0 Å². The van der Waals surface area contributed by atoms with Crippen molar-refractivity contribution in [2.75, 3.05) is 7.11 Å². The van der Waals surface area contributed by atoms with Gasteiger partial charge in [0.15, 0.2) is 5.65 Å². The van der Waals surface area contributed by atoms with Crippen molar-refractivity contribution in [1.29, 1.82) is 0 Å². The van der Waals surface area contributed by atoms with E-state index in [4.69, 9.17) is 10.5 Å². The van der Waals surface area contributed by atoms with Gasteiger partial charge in [0, 0.05) is 0 Å². The third kappa shape index (κ3) is 1.06. The number of fused-ring (bicyclic) bond motifs is 1. The molecule has 7 heteroatoms.